The van der Waals surface area contributed by atoms with Crippen molar-refractivity contribution in [1.29, 1.82) is 0 Å². The average molecular weight is 274 g/mol. The molecule has 0 radical (unpaired) electrons. The second kappa shape index (κ2) is 7.96. The van der Waals surface area contributed by atoms with Gasteiger partial charge in [0.25, 0.3) is 0 Å². The zero-order valence-electron chi connectivity index (χ0n) is 11.3. The number of hydrogen-bond acceptors (Lipinski definition) is 4. The van der Waals surface area contributed by atoms with Crippen LogP contribution in [0.3, 0.4) is 0 Å². The van der Waals surface area contributed by atoms with Crippen LogP contribution >= 0.6 is 0 Å². The van der Waals surface area contributed by atoms with E-state index >= 15 is 0 Å². The molecule has 3 N–H and O–H groups in total. The molecule has 2 unspecified atom stereocenters. The van der Waals surface area contributed by atoms with Gasteiger partial charge in [0.1, 0.15) is 0 Å². The number of hydrogen-bond donors (Lipinski definition) is 3. The smallest absolute Gasteiger partial charge is 0.332 e. The highest BCUT2D eigenvalue weighted by Crippen LogP contribution is 2.18. The number of carboxylic acid groups (broad SMARTS) is 1. The molecule has 0 aromatic heterocycles. The number of carbonyl (C=O) groups excluding carboxylic acids is 1. The van der Waals surface area contributed by atoms with Gasteiger partial charge in [0.2, 0.25) is 0 Å². The molecule has 0 bridgehead atoms. The minimum absolute atomic E-state index is 0.143. The van der Waals surface area contributed by atoms with E-state index in [0.717, 1.165) is 0 Å². The number of urea groups is 1. The van der Waals surface area contributed by atoms with Gasteiger partial charge in [-0.2, -0.15) is 0 Å². The number of nitrogens with one attached hydrogen (secondary N) is 2. The molecule has 110 valence electrons. The fourth-order valence-corrected chi connectivity index (χ4v) is 1.77. The van der Waals surface area contributed by atoms with Crippen LogP contribution in [0.2, 0.25) is 0 Å². The van der Waals surface area contributed by atoms with E-state index in [9.17, 15) is 9.59 Å². The molecule has 1 fully saturated rings. The summed E-state index contributed by atoms with van der Waals surface area (Å²) in [5, 5.41) is 14.1. The third-order valence-corrected chi connectivity index (χ3v) is 2.71. The Labute approximate surface area is 112 Å². The van der Waals surface area contributed by atoms with Crippen LogP contribution in [0.1, 0.15) is 26.7 Å². The summed E-state index contributed by atoms with van der Waals surface area (Å²) in [5.41, 5.74) is 0. The van der Waals surface area contributed by atoms with Gasteiger partial charge in [-0.15, -0.1) is 0 Å². The monoisotopic (exact) mass is 274 g/mol. The summed E-state index contributed by atoms with van der Waals surface area (Å²) < 4.78 is 10.5. The molecule has 7 nitrogen and oxygen atoms in total. The molecule has 2 atom stereocenters. The number of carbonyl (C=O) groups is 2. The second-order valence-corrected chi connectivity index (χ2v) is 4.72. The summed E-state index contributed by atoms with van der Waals surface area (Å²) in [6.45, 7) is 5.08. The van der Waals surface area contributed by atoms with E-state index in [4.69, 9.17) is 14.6 Å². The first-order valence-electron chi connectivity index (χ1n) is 6.50. The second-order valence-electron chi connectivity index (χ2n) is 4.72. The summed E-state index contributed by atoms with van der Waals surface area (Å²) in [6, 6.07) is -0.297. The molecule has 0 aromatic carbocycles. The largest absolute Gasteiger partial charge is 0.479 e. The molecule has 19 heavy (non-hydrogen) atoms. The molecule has 1 aliphatic rings. The molecule has 1 heterocycles. The minimum atomic E-state index is -0.946. The lowest BCUT2D eigenvalue weighted by Gasteiger charge is -2.13. The van der Waals surface area contributed by atoms with Crippen LogP contribution in [0.4, 0.5) is 4.79 Å². The van der Waals surface area contributed by atoms with Crippen LogP contribution in [-0.4, -0.2) is 55.1 Å². The van der Waals surface area contributed by atoms with Gasteiger partial charge in [-0.25, -0.2) is 9.59 Å². The highest BCUT2D eigenvalue weighted by molar-refractivity contribution is 5.74. The summed E-state index contributed by atoms with van der Waals surface area (Å²) in [4.78, 5) is 22.1. The fraction of sp³-hybridized carbons (Fsp3) is 0.833. The SMILES string of the molecule is CC(C)OCCNC(=O)NCC1CCC(C(=O)O)O1. The Morgan fingerprint density at radius 1 is 1.37 bits per heavy atom. The molecule has 1 rings (SSSR count). The van der Waals surface area contributed by atoms with E-state index in [1.807, 2.05) is 13.8 Å². The van der Waals surface area contributed by atoms with Gasteiger partial charge in [-0.1, -0.05) is 0 Å². The maximum absolute atomic E-state index is 11.4. The lowest BCUT2D eigenvalue weighted by atomic mass is 10.2. The first kappa shape index (κ1) is 15.7. The van der Waals surface area contributed by atoms with E-state index in [-0.39, 0.29) is 18.2 Å². The van der Waals surface area contributed by atoms with Crippen LogP contribution in [0.5, 0.6) is 0 Å². The van der Waals surface area contributed by atoms with Crippen molar-refractivity contribution in [2.75, 3.05) is 19.7 Å². The van der Waals surface area contributed by atoms with E-state index in [2.05, 4.69) is 10.6 Å². The first-order valence-corrected chi connectivity index (χ1v) is 6.50. The Kier molecular flexibility index (Phi) is 6.58. The van der Waals surface area contributed by atoms with Crippen LogP contribution in [0.15, 0.2) is 0 Å². The number of rotatable bonds is 7. The third kappa shape index (κ3) is 6.40. The fourth-order valence-electron chi connectivity index (χ4n) is 1.77. The molecule has 1 aliphatic heterocycles. The topological polar surface area (TPSA) is 96.9 Å². The van der Waals surface area contributed by atoms with Crippen molar-refractivity contribution in [3.05, 3.63) is 0 Å². The van der Waals surface area contributed by atoms with Crippen molar-refractivity contribution in [2.24, 2.45) is 0 Å². The number of ether oxygens (including phenoxy) is 2. The lowest BCUT2D eigenvalue weighted by molar-refractivity contribution is -0.149. The minimum Gasteiger partial charge on any atom is -0.479 e. The Hall–Kier alpha value is -1.34. The van der Waals surface area contributed by atoms with E-state index in [1.54, 1.807) is 0 Å². The van der Waals surface area contributed by atoms with Crippen molar-refractivity contribution >= 4 is 12.0 Å². The Morgan fingerprint density at radius 2 is 2.11 bits per heavy atom. The van der Waals surface area contributed by atoms with E-state index in [1.165, 1.54) is 0 Å². The van der Waals surface area contributed by atoms with Crippen LogP contribution in [0, 0.1) is 0 Å². The predicted molar refractivity (Wildman–Crippen MR) is 68.0 cm³/mol. The summed E-state index contributed by atoms with van der Waals surface area (Å²) in [5.74, 6) is -0.946. The zero-order chi connectivity index (χ0) is 14.3. The van der Waals surface area contributed by atoms with Gasteiger partial charge < -0.3 is 25.2 Å². The van der Waals surface area contributed by atoms with Crippen molar-refractivity contribution < 1.29 is 24.2 Å². The van der Waals surface area contributed by atoms with Gasteiger partial charge in [0.05, 0.1) is 18.8 Å². The molecule has 0 saturated carbocycles. The maximum Gasteiger partial charge on any atom is 0.332 e. The predicted octanol–water partition coefficient (Wildman–Crippen LogP) is 0.343. The van der Waals surface area contributed by atoms with Crippen molar-refractivity contribution in [1.82, 2.24) is 10.6 Å². The van der Waals surface area contributed by atoms with Crippen molar-refractivity contribution in [3.8, 4) is 0 Å². The number of aliphatic carboxylic acids is 1. The molecule has 1 saturated heterocycles. The van der Waals surface area contributed by atoms with Crippen LogP contribution in [0.25, 0.3) is 0 Å². The maximum atomic E-state index is 11.4. The van der Waals surface area contributed by atoms with Gasteiger partial charge >= 0.3 is 12.0 Å². The summed E-state index contributed by atoms with van der Waals surface area (Å²) in [6.07, 6.45) is 0.317. The summed E-state index contributed by atoms with van der Waals surface area (Å²) >= 11 is 0. The number of amides is 2. The van der Waals surface area contributed by atoms with Crippen LogP contribution < -0.4 is 10.6 Å². The van der Waals surface area contributed by atoms with Gasteiger partial charge in [-0.05, 0) is 26.7 Å². The number of carboxylic acids is 1. The Balaban J connectivity index is 2.06. The first-order chi connectivity index (χ1) is 8.99. The normalized spacial score (nSPS) is 22.5. The van der Waals surface area contributed by atoms with E-state index < -0.39 is 12.1 Å². The molecule has 0 aromatic rings. The highest BCUT2D eigenvalue weighted by Gasteiger charge is 2.30. The van der Waals surface area contributed by atoms with E-state index in [0.29, 0.717) is 32.5 Å². The quantitative estimate of drug-likeness (QED) is 0.582. The summed E-state index contributed by atoms with van der Waals surface area (Å²) in [7, 11) is 0. The Morgan fingerprint density at radius 3 is 2.68 bits per heavy atom. The third-order valence-electron chi connectivity index (χ3n) is 2.71. The molecule has 7 heteroatoms. The van der Waals surface area contributed by atoms with Crippen molar-refractivity contribution in [2.45, 2.75) is 45.0 Å². The molecule has 0 aliphatic carbocycles. The highest BCUT2D eigenvalue weighted by atomic mass is 16.5. The lowest BCUT2D eigenvalue weighted by Crippen LogP contribution is -2.41. The van der Waals surface area contributed by atoms with Gasteiger partial charge in [0, 0.05) is 13.1 Å². The van der Waals surface area contributed by atoms with Gasteiger partial charge in [-0.3, -0.25) is 0 Å². The molecule has 2 amide bonds. The molecular formula is C12H22N2O5. The molecular weight excluding hydrogens is 252 g/mol. The van der Waals surface area contributed by atoms with Crippen LogP contribution in [-0.2, 0) is 14.3 Å². The van der Waals surface area contributed by atoms with Gasteiger partial charge in [0.15, 0.2) is 6.10 Å². The molecule has 0 spiro atoms. The standard InChI is InChI=1S/C12H22N2O5/c1-8(2)18-6-5-13-12(17)14-7-9-3-4-10(19-9)11(15)16/h8-10H,3-7H2,1-2H3,(H,15,16)(H2,13,14,17). The zero-order valence-corrected chi connectivity index (χ0v) is 11.3. The Bertz CT molecular complexity index is 308. The van der Waals surface area contributed by atoms with Crippen molar-refractivity contribution in [3.63, 3.8) is 0 Å². The average Bonchev–Trinajstić information content (AvgIpc) is 2.81.